The van der Waals surface area contributed by atoms with Gasteiger partial charge in [-0.3, -0.25) is 4.98 Å². The Morgan fingerprint density at radius 3 is 1.68 bits per heavy atom. The van der Waals surface area contributed by atoms with E-state index in [0.717, 1.165) is 22.5 Å². The summed E-state index contributed by atoms with van der Waals surface area (Å²) in [5.41, 5.74) is 7.31. The summed E-state index contributed by atoms with van der Waals surface area (Å²) in [4.78, 5) is 4.32. The van der Waals surface area contributed by atoms with Gasteiger partial charge in [-0.05, 0) is 95.7 Å². The second-order valence-electron chi connectivity index (χ2n) is 8.46. The van der Waals surface area contributed by atoms with Gasteiger partial charge in [0.05, 0.1) is 17.7 Å². The molecule has 0 bridgehead atoms. The van der Waals surface area contributed by atoms with Crippen LogP contribution in [-0.2, 0) is 0 Å². The number of nitriles is 2. The number of aryl methyl sites for hydroxylation is 2. The molecule has 0 saturated heterocycles. The molecule has 202 valence electrons. The van der Waals surface area contributed by atoms with Crippen LogP contribution < -0.4 is 0 Å². The lowest BCUT2D eigenvalue weighted by atomic mass is 10.0. The van der Waals surface area contributed by atoms with Gasteiger partial charge in [0.25, 0.3) is 0 Å². The number of allylic oxidation sites excluding steroid dienone is 9. The Hall–Kier alpha value is -3.61. The number of hydrogen-bond acceptors (Lipinski definition) is 3. The summed E-state index contributed by atoms with van der Waals surface area (Å²) in [7, 11) is 0. The summed E-state index contributed by atoms with van der Waals surface area (Å²) in [6.45, 7) is 29.6. The minimum absolute atomic E-state index is 0.503. The molecule has 0 aromatic carbocycles. The summed E-state index contributed by atoms with van der Waals surface area (Å²) in [6, 6.07) is 8.42. The second kappa shape index (κ2) is 27.0. The van der Waals surface area contributed by atoms with Crippen LogP contribution in [0.3, 0.4) is 0 Å². The summed E-state index contributed by atoms with van der Waals surface area (Å²) in [5.74, 6) is 3.36. The number of nitrogens with zero attached hydrogens (tertiary/aromatic N) is 3. The predicted molar refractivity (Wildman–Crippen MR) is 165 cm³/mol. The van der Waals surface area contributed by atoms with E-state index in [0.29, 0.717) is 17.4 Å². The molecule has 0 atom stereocenters. The lowest BCUT2D eigenvalue weighted by molar-refractivity contribution is 0.788. The first-order valence-electron chi connectivity index (χ1n) is 12.8. The van der Waals surface area contributed by atoms with E-state index in [2.05, 4.69) is 69.8 Å². The van der Waals surface area contributed by atoms with Crippen LogP contribution in [0.4, 0.5) is 0 Å². The van der Waals surface area contributed by atoms with Crippen LogP contribution in [0.1, 0.15) is 99.0 Å². The molecule has 1 rings (SSSR count). The van der Waals surface area contributed by atoms with E-state index >= 15 is 0 Å². The van der Waals surface area contributed by atoms with Crippen molar-refractivity contribution in [3.05, 3.63) is 88.3 Å². The topological polar surface area (TPSA) is 60.5 Å². The fourth-order valence-electron chi connectivity index (χ4n) is 2.53. The number of aromatic nitrogens is 1. The van der Waals surface area contributed by atoms with Crippen molar-refractivity contribution in [2.45, 2.75) is 95.9 Å². The van der Waals surface area contributed by atoms with Crippen LogP contribution in [-0.4, -0.2) is 4.98 Å². The van der Waals surface area contributed by atoms with Gasteiger partial charge in [-0.25, -0.2) is 0 Å². The molecule has 1 aromatic rings. The minimum atomic E-state index is 0.503. The highest BCUT2D eigenvalue weighted by molar-refractivity contribution is 5.37. The normalized spacial score (nSPS) is 10.9. The Morgan fingerprint density at radius 1 is 0.946 bits per heavy atom. The third kappa shape index (κ3) is 25.3. The lowest BCUT2D eigenvalue weighted by Gasteiger charge is -2.06. The molecule has 0 spiro atoms. The molecule has 0 unspecified atom stereocenters. The Morgan fingerprint density at radius 2 is 1.41 bits per heavy atom. The Labute approximate surface area is 230 Å². The van der Waals surface area contributed by atoms with Gasteiger partial charge in [0, 0.05) is 17.0 Å². The minimum Gasteiger partial charge on any atom is -0.258 e. The second-order valence-corrected chi connectivity index (χ2v) is 8.46. The zero-order chi connectivity index (χ0) is 30.0. The summed E-state index contributed by atoms with van der Waals surface area (Å²) >= 11 is 0. The van der Waals surface area contributed by atoms with Crippen molar-refractivity contribution in [3.63, 3.8) is 0 Å². The zero-order valence-electron chi connectivity index (χ0n) is 25.8. The van der Waals surface area contributed by atoms with Crippen molar-refractivity contribution in [2.24, 2.45) is 5.92 Å². The fourth-order valence-corrected chi connectivity index (χ4v) is 2.53. The maximum absolute atomic E-state index is 8.52. The smallest absolute Gasteiger partial charge is 0.0991 e. The average Bonchev–Trinajstić information content (AvgIpc) is 2.87. The summed E-state index contributed by atoms with van der Waals surface area (Å²) in [6.07, 6.45) is 13.9. The standard InChI is InChI=1S/2C10H15N.C9H11N.C3H4.C2H6/c1-7(2)10-5-8(3)11-9(4)6-10;1-5-10(8(2)3)6-9(4)7-11;1-4-8(3)6-9(5-2)7-10;1-3-2;1-2/h5-7H,1-4H3;5-6,8H,1-4H3;4-6H,2H2,1,3H3;1H,2H3;1-2H3/b;9-6+,10-5+;8-4-,9-6+;;. The van der Waals surface area contributed by atoms with Gasteiger partial charge in [-0.1, -0.05) is 71.9 Å². The lowest BCUT2D eigenvalue weighted by Crippen LogP contribution is -1.92. The zero-order valence-corrected chi connectivity index (χ0v) is 25.8. The molecule has 3 heteroatoms. The van der Waals surface area contributed by atoms with Gasteiger partial charge in [0.15, 0.2) is 0 Å². The van der Waals surface area contributed by atoms with Crippen LogP contribution in [0, 0.1) is 54.8 Å². The highest BCUT2D eigenvalue weighted by Crippen LogP contribution is 2.15. The van der Waals surface area contributed by atoms with Crippen LogP contribution in [0.15, 0.2) is 71.4 Å². The molecule has 37 heavy (non-hydrogen) atoms. The van der Waals surface area contributed by atoms with E-state index in [1.165, 1.54) is 11.1 Å². The monoisotopic (exact) mass is 501 g/mol. The first-order chi connectivity index (χ1) is 17.4. The molecule has 0 aliphatic rings. The van der Waals surface area contributed by atoms with Gasteiger partial charge < -0.3 is 0 Å². The van der Waals surface area contributed by atoms with Crippen LogP contribution in [0.25, 0.3) is 0 Å². The molecule has 0 fully saturated rings. The largest absolute Gasteiger partial charge is 0.258 e. The molecule has 0 aliphatic heterocycles. The molecular weight excluding hydrogens is 450 g/mol. The first kappa shape index (κ1) is 40.6. The maximum Gasteiger partial charge on any atom is 0.0991 e. The average molecular weight is 502 g/mol. The van der Waals surface area contributed by atoms with E-state index in [9.17, 15) is 0 Å². The van der Waals surface area contributed by atoms with Crippen LogP contribution in [0.5, 0.6) is 0 Å². The van der Waals surface area contributed by atoms with Crippen LogP contribution >= 0.6 is 0 Å². The van der Waals surface area contributed by atoms with Crippen molar-refractivity contribution >= 4 is 0 Å². The third-order valence-corrected chi connectivity index (χ3v) is 4.52. The Balaban J connectivity index is -0.000000203. The molecule has 1 heterocycles. The van der Waals surface area contributed by atoms with Crippen molar-refractivity contribution in [1.82, 2.24) is 4.98 Å². The molecule has 0 N–H and O–H groups in total. The Bertz CT molecular complexity index is 988. The number of rotatable bonds is 5. The highest BCUT2D eigenvalue weighted by atomic mass is 14.7. The number of hydrogen-bond donors (Lipinski definition) is 0. The summed E-state index contributed by atoms with van der Waals surface area (Å²) < 4.78 is 0. The van der Waals surface area contributed by atoms with E-state index < -0.39 is 0 Å². The molecule has 0 aliphatic carbocycles. The van der Waals surface area contributed by atoms with Gasteiger partial charge in [0.2, 0.25) is 0 Å². The van der Waals surface area contributed by atoms with Gasteiger partial charge >= 0.3 is 0 Å². The SMILES string of the molecule is C#CC.C/C=C(\C=C(/C)C#N)C(C)C.C=C/C(C#N)=C\C(C)=C/C.CC.Cc1cc(C(C)C)cc(C)n1. The molecular formula is C34H51N3. The van der Waals surface area contributed by atoms with E-state index in [1.807, 2.05) is 79.7 Å². The van der Waals surface area contributed by atoms with Crippen molar-refractivity contribution in [2.75, 3.05) is 0 Å². The predicted octanol–water partition coefficient (Wildman–Crippen LogP) is 10.1. The third-order valence-electron chi connectivity index (χ3n) is 4.52. The summed E-state index contributed by atoms with van der Waals surface area (Å²) in [5, 5.41) is 17.0. The maximum atomic E-state index is 8.52. The van der Waals surface area contributed by atoms with E-state index in [-0.39, 0.29) is 0 Å². The van der Waals surface area contributed by atoms with E-state index in [4.69, 9.17) is 10.5 Å². The molecule has 0 radical (unpaired) electrons. The molecule has 0 saturated carbocycles. The highest BCUT2D eigenvalue weighted by Gasteiger charge is 2.00. The first-order valence-corrected chi connectivity index (χ1v) is 12.8. The Kier molecular flexibility index (Phi) is 29.6. The fraction of sp³-hybridized carbons (Fsp3) is 0.441. The van der Waals surface area contributed by atoms with Gasteiger partial charge in [-0.15, -0.1) is 12.3 Å². The van der Waals surface area contributed by atoms with Crippen LogP contribution in [0.2, 0.25) is 0 Å². The molecule has 0 amide bonds. The molecule has 1 aromatic heterocycles. The quantitative estimate of drug-likeness (QED) is 0.229. The number of terminal acetylenes is 1. The van der Waals surface area contributed by atoms with Gasteiger partial charge in [-0.2, -0.15) is 10.5 Å². The van der Waals surface area contributed by atoms with Crippen molar-refractivity contribution < 1.29 is 0 Å². The van der Waals surface area contributed by atoms with E-state index in [1.54, 1.807) is 19.1 Å². The van der Waals surface area contributed by atoms with Crippen molar-refractivity contribution in [3.8, 4) is 24.5 Å². The molecule has 3 nitrogen and oxygen atoms in total. The van der Waals surface area contributed by atoms with Gasteiger partial charge in [0.1, 0.15) is 0 Å². The van der Waals surface area contributed by atoms with Crippen molar-refractivity contribution in [1.29, 1.82) is 10.5 Å². The number of pyridine rings is 1.